The largest absolute Gasteiger partial charge is 0.383 e. The molecule has 0 aliphatic heterocycles. The second-order valence-corrected chi connectivity index (χ2v) is 6.94. The van der Waals surface area contributed by atoms with Crippen molar-refractivity contribution < 1.29 is 27.4 Å². The minimum absolute atomic E-state index is 0.144. The Bertz CT molecular complexity index is 857. The number of nitro benzene ring substituents is 3. The number of benzene rings is 1. The van der Waals surface area contributed by atoms with E-state index in [0.29, 0.717) is 17.0 Å². The van der Waals surface area contributed by atoms with Gasteiger partial charge in [-0.15, -0.1) is 11.8 Å². The van der Waals surface area contributed by atoms with E-state index < -0.39 is 46.8 Å². The van der Waals surface area contributed by atoms with Crippen molar-refractivity contribution in [3.8, 4) is 0 Å². The van der Waals surface area contributed by atoms with Crippen molar-refractivity contribution in [2.24, 2.45) is 0 Å². The summed E-state index contributed by atoms with van der Waals surface area (Å²) in [7, 11) is -4.99. The van der Waals surface area contributed by atoms with E-state index in [2.05, 4.69) is 0 Å². The van der Waals surface area contributed by atoms with Crippen LogP contribution in [0.5, 0.6) is 0 Å². The van der Waals surface area contributed by atoms with E-state index in [1.165, 1.54) is 13.8 Å². The molecule has 0 unspecified atom stereocenters. The SMILES string of the molecule is CS/C(C)=C(\C)OS(=O)(=O)c1c([N+](=O)[O-])cc([N+](=O)[O-])cc1[N+](=O)[O-]. The first-order valence-electron chi connectivity index (χ1n) is 6.19. The zero-order valence-corrected chi connectivity index (χ0v) is 14.6. The van der Waals surface area contributed by atoms with E-state index in [4.69, 9.17) is 4.18 Å². The monoisotopic (exact) mass is 393 g/mol. The molecule has 0 aromatic heterocycles. The number of hydrogen-bond donors (Lipinski definition) is 0. The molecule has 136 valence electrons. The molecule has 1 aromatic rings. The molecule has 0 saturated heterocycles. The van der Waals surface area contributed by atoms with E-state index in [0.717, 1.165) is 11.8 Å². The molecule has 0 bridgehead atoms. The normalized spacial score (nSPS) is 12.3. The van der Waals surface area contributed by atoms with Gasteiger partial charge in [-0.1, -0.05) is 0 Å². The molecule has 0 N–H and O–H groups in total. The van der Waals surface area contributed by atoms with Crippen molar-refractivity contribution >= 4 is 38.9 Å². The zero-order chi connectivity index (χ0) is 19.5. The average molecular weight is 393 g/mol. The Morgan fingerprint density at radius 2 is 1.44 bits per heavy atom. The molecule has 0 amide bonds. The first kappa shape index (κ1) is 20.3. The van der Waals surface area contributed by atoms with Gasteiger partial charge in [0, 0.05) is 4.91 Å². The summed E-state index contributed by atoms with van der Waals surface area (Å²) in [5.74, 6) is -0.144. The Labute approximate surface area is 145 Å². The van der Waals surface area contributed by atoms with Crippen molar-refractivity contribution in [2.45, 2.75) is 18.7 Å². The molecular formula is C11H11N3O9S2. The molecule has 0 heterocycles. The van der Waals surface area contributed by atoms with Crippen LogP contribution < -0.4 is 0 Å². The minimum Gasteiger partial charge on any atom is -0.383 e. The van der Waals surface area contributed by atoms with Crippen LogP contribution in [0.3, 0.4) is 0 Å². The highest BCUT2D eigenvalue weighted by Crippen LogP contribution is 2.39. The lowest BCUT2D eigenvalue weighted by atomic mass is 10.2. The molecule has 0 aliphatic carbocycles. The Hall–Kier alpha value is -2.74. The number of nitrogens with zero attached hydrogens (tertiary/aromatic N) is 3. The number of hydrogen-bond acceptors (Lipinski definition) is 10. The smallest absolute Gasteiger partial charge is 0.352 e. The summed E-state index contributed by atoms with van der Waals surface area (Å²) in [5.41, 5.74) is -3.64. The van der Waals surface area contributed by atoms with Gasteiger partial charge >= 0.3 is 21.5 Å². The van der Waals surface area contributed by atoms with Gasteiger partial charge in [-0.3, -0.25) is 30.3 Å². The topological polar surface area (TPSA) is 173 Å². The van der Waals surface area contributed by atoms with Crippen molar-refractivity contribution in [3.05, 3.63) is 53.1 Å². The number of thioether (sulfide) groups is 1. The molecular weight excluding hydrogens is 382 g/mol. The Balaban J connectivity index is 3.81. The van der Waals surface area contributed by atoms with E-state index in [-0.39, 0.29) is 5.76 Å². The molecule has 1 aromatic carbocycles. The lowest BCUT2D eigenvalue weighted by Crippen LogP contribution is -2.12. The molecule has 14 heteroatoms. The zero-order valence-electron chi connectivity index (χ0n) is 13.0. The van der Waals surface area contributed by atoms with Crippen LogP contribution in [0, 0.1) is 30.3 Å². The lowest BCUT2D eigenvalue weighted by Gasteiger charge is -2.10. The maximum Gasteiger partial charge on any atom is 0.352 e. The highest BCUT2D eigenvalue weighted by Gasteiger charge is 2.40. The van der Waals surface area contributed by atoms with Gasteiger partial charge in [-0.25, -0.2) is 0 Å². The van der Waals surface area contributed by atoms with Crippen LogP contribution >= 0.6 is 11.8 Å². The van der Waals surface area contributed by atoms with Crippen molar-refractivity contribution in [1.82, 2.24) is 0 Å². The van der Waals surface area contributed by atoms with Crippen molar-refractivity contribution in [3.63, 3.8) is 0 Å². The Morgan fingerprint density at radius 3 is 1.76 bits per heavy atom. The molecule has 25 heavy (non-hydrogen) atoms. The first-order chi connectivity index (χ1) is 11.4. The number of rotatable bonds is 7. The first-order valence-corrected chi connectivity index (χ1v) is 8.82. The fourth-order valence-corrected chi connectivity index (χ4v) is 3.32. The van der Waals surface area contributed by atoms with Gasteiger partial charge < -0.3 is 4.18 Å². The quantitative estimate of drug-likeness (QED) is 0.290. The van der Waals surface area contributed by atoms with Crippen LogP contribution in [0.1, 0.15) is 13.8 Å². The third kappa shape index (κ3) is 4.42. The molecule has 12 nitrogen and oxygen atoms in total. The molecule has 0 saturated carbocycles. The third-order valence-electron chi connectivity index (χ3n) is 2.93. The summed E-state index contributed by atoms with van der Waals surface area (Å²) in [6, 6.07) is 0.646. The van der Waals surface area contributed by atoms with Gasteiger partial charge in [-0.05, 0) is 20.1 Å². The lowest BCUT2D eigenvalue weighted by molar-refractivity contribution is -0.407. The Morgan fingerprint density at radius 1 is 1.00 bits per heavy atom. The maximum atomic E-state index is 12.4. The molecule has 0 fully saturated rings. The van der Waals surface area contributed by atoms with Crippen LogP contribution in [0.4, 0.5) is 17.1 Å². The van der Waals surface area contributed by atoms with E-state index in [1.807, 2.05) is 0 Å². The number of allylic oxidation sites excluding steroid dienone is 2. The van der Waals surface area contributed by atoms with Crippen molar-refractivity contribution in [2.75, 3.05) is 6.26 Å². The summed E-state index contributed by atoms with van der Waals surface area (Å²) < 4.78 is 29.4. The standard InChI is InChI=1S/C11H11N3O9S2/c1-6(7(2)24-3)23-25(21,22)11-9(13(17)18)4-8(12(15)16)5-10(11)14(19)20/h4-5H,1-3H3/b7-6+. The van der Waals surface area contributed by atoms with E-state index in [9.17, 15) is 38.8 Å². The van der Waals surface area contributed by atoms with Gasteiger partial charge in [0.1, 0.15) is 5.76 Å². The second kappa shape index (κ2) is 7.43. The summed E-state index contributed by atoms with van der Waals surface area (Å²) in [6.07, 6.45) is 1.62. The summed E-state index contributed by atoms with van der Waals surface area (Å²) in [4.78, 5) is 28.4. The van der Waals surface area contributed by atoms with Gasteiger partial charge in [0.05, 0.1) is 26.9 Å². The van der Waals surface area contributed by atoms with Crippen LogP contribution in [-0.2, 0) is 14.3 Å². The number of non-ortho nitro benzene ring substituents is 1. The second-order valence-electron chi connectivity index (χ2n) is 4.44. The maximum absolute atomic E-state index is 12.4. The highest BCUT2D eigenvalue weighted by atomic mass is 32.2. The summed E-state index contributed by atoms with van der Waals surface area (Å²) in [6.45, 7) is 2.76. The van der Waals surface area contributed by atoms with E-state index >= 15 is 0 Å². The molecule has 0 aliphatic rings. The van der Waals surface area contributed by atoms with Crippen LogP contribution in [-0.4, -0.2) is 29.4 Å². The van der Waals surface area contributed by atoms with Crippen LogP contribution in [0.25, 0.3) is 0 Å². The van der Waals surface area contributed by atoms with E-state index in [1.54, 1.807) is 6.26 Å². The molecule has 1 rings (SSSR count). The Kier molecular flexibility index (Phi) is 6.04. The van der Waals surface area contributed by atoms with Gasteiger partial charge in [-0.2, -0.15) is 8.42 Å². The van der Waals surface area contributed by atoms with Gasteiger partial charge in [0.25, 0.3) is 10.6 Å². The molecule has 0 spiro atoms. The van der Waals surface area contributed by atoms with Crippen LogP contribution in [0.15, 0.2) is 27.7 Å². The van der Waals surface area contributed by atoms with Crippen LogP contribution in [0.2, 0.25) is 0 Å². The highest BCUT2D eigenvalue weighted by molar-refractivity contribution is 8.02. The summed E-state index contributed by atoms with van der Waals surface area (Å²) in [5, 5.41) is 33.0. The summed E-state index contributed by atoms with van der Waals surface area (Å²) >= 11 is 1.13. The number of nitro groups is 3. The van der Waals surface area contributed by atoms with Gasteiger partial charge in [0.15, 0.2) is 0 Å². The molecule has 0 atom stereocenters. The fraction of sp³-hybridized carbons (Fsp3) is 0.273. The predicted molar refractivity (Wildman–Crippen MR) is 86.6 cm³/mol. The minimum atomic E-state index is -4.99. The average Bonchev–Trinajstić information content (AvgIpc) is 2.51. The predicted octanol–water partition coefficient (Wildman–Crippen LogP) is 2.73. The fourth-order valence-electron chi connectivity index (χ4n) is 1.63. The third-order valence-corrected chi connectivity index (χ3v) is 5.21. The van der Waals surface area contributed by atoms with Gasteiger partial charge in [0.2, 0.25) is 0 Å². The van der Waals surface area contributed by atoms with Crippen molar-refractivity contribution in [1.29, 1.82) is 0 Å². The molecule has 0 radical (unpaired) electrons.